The second-order valence-electron chi connectivity index (χ2n) is 5.28. The van der Waals surface area contributed by atoms with Crippen LogP contribution in [0.3, 0.4) is 0 Å². The van der Waals surface area contributed by atoms with Gasteiger partial charge in [-0.3, -0.25) is 10.1 Å². The predicted octanol–water partition coefficient (Wildman–Crippen LogP) is 4.77. The number of aromatic nitrogens is 3. The number of rotatable bonds is 3. The summed E-state index contributed by atoms with van der Waals surface area (Å²) in [6.07, 6.45) is 0. The molecule has 0 unspecified atom stereocenters. The molecule has 1 N–H and O–H groups in total. The largest absolute Gasteiger partial charge is 0.296 e. The minimum atomic E-state index is -0.228. The quantitative estimate of drug-likeness (QED) is 0.528. The summed E-state index contributed by atoms with van der Waals surface area (Å²) in [5.74, 6) is -0.228. The standard InChI is InChI=1S/C18H11BrN4OS/c19-12-7-5-11(6-8-12)16-9-14(13-3-1-2-4-15(13)21-16)17(24)22-18-23-20-10-25-18/h1-10H,(H,22,23,24). The molecule has 0 fully saturated rings. The Kier molecular flexibility index (Phi) is 4.25. The lowest BCUT2D eigenvalue weighted by Crippen LogP contribution is -2.13. The summed E-state index contributed by atoms with van der Waals surface area (Å²) in [6.45, 7) is 0. The van der Waals surface area contributed by atoms with E-state index < -0.39 is 0 Å². The van der Waals surface area contributed by atoms with Crippen LogP contribution in [-0.2, 0) is 0 Å². The third-order valence-electron chi connectivity index (χ3n) is 3.68. The van der Waals surface area contributed by atoms with Crippen LogP contribution in [0.25, 0.3) is 22.2 Å². The van der Waals surface area contributed by atoms with Crippen LogP contribution in [0.5, 0.6) is 0 Å². The molecule has 4 aromatic rings. The lowest BCUT2D eigenvalue weighted by molar-refractivity contribution is 0.102. The molecule has 0 aliphatic heterocycles. The highest BCUT2D eigenvalue weighted by atomic mass is 79.9. The molecule has 2 aromatic heterocycles. The molecule has 0 aliphatic rings. The summed E-state index contributed by atoms with van der Waals surface area (Å²) < 4.78 is 0.992. The third kappa shape index (κ3) is 3.29. The van der Waals surface area contributed by atoms with Crippen molar-refractivity contribution in [1.29, 1.82) is 0 Å². The van der Waals surface area contributed by atoms with Crippen LogP contribution in [0.2, 0.25) is 0 Å². The molecule has 0 spiro atoms. The number of fused-ring (bicyclic) bond motifs is 1. The molecular weight excluding hydrogens is 400 g/mol. The summed E-state index contributed by atoms with van der Waals surface area (Å²) in [5, 5.41) is 11.7. The van der Waals surface area contributed by atoms with Gasteiger partial charge in [-0.05, 0) is 24.3 Å². The van der Waals surface area contributed by atoms with E-state index in [1.54, 1.807) is 5.51 Å². The van der Waals surface area contributed by atoms with Gasteiger partial charge in [-0.2, -0.15) is 0 Å². The van der Waals surface area contributed by atoms with Gasteiger partial charge < -0.3 is 0 Å². The number of hydrogen-bond donors (Lipinski definition) is 1. The van der Waals surface area contributed by atoms with Crippen molar-refractivity contribution >= 4 is 49.2 Å². The number of anilines is 1. The zero-order valence-electron chi connectivity index (χ0n) is 12.8. The summed E-state index contributed by atoms with van der Waals surface area (Å²) in [7, 11) is 0. The van der Waals surface area contributed by atoms with Crippen molar-refractivity contribution in [3.8, 4) is 11.3 Å². The second-order valence-corrected chi connectivity index (χ2v) is 7.03. The van der Waals surface area contributed by atoms with E-state index >= 15 is 0 Å². The molecule has 0 aliphatic carbocycles. The minimum Gasteiger partial charge on any atom is -0.296 e. The van der Waals surface area contributed by atoms with Crippen molar-refractivity contribution in [1.82, 2.24) is 15.2 Å². The topological polar surface area (TPSA) is 67.8 Å². The highest BCUT2D eigenvalue weighted by Gasteiger charge is 2.15. The maximum Gasteiger partial charge on any atom is 0.258 e. The number of carbonyl (C=O) groups is 1. The number of amides is 1. The van der Waals surface area contributed by atoms with Crippen molar-refractivity contribution in [2.45, 2.75) is 0 Å². The first-order chi connectivity index (χ1) is 12.2. The van der Waals surface area contributed by atoms with Crippen LogP contribution < -0.4 is 5.32 Å². The van der Waals surface area contributed by atoms with E-state index in [1.165, 1.54) is 11.3 Å². The molecule has 0 atom stereocenters. The average molecular weight is 411 g/mol. The summed E-state index contributed by atoms with van der Waals surface area (Å²) in [6, 6.07) is 17.2. The van der Waals surface area contributed by atoms with Gasteiger partial charge in [0.25, 0.3) is 5.91 Å². The van der Waals surface area contributed by atoms with Crippen molar-refractivity contribution in [2.24, 2.45) is 0 Å². The maximum absolute atomic E-state index is 12.8. The van der Waals surface area contributed by atoms with Crippen LogP contribution in [0.15, 0.2) is 64.6 Å². The van der Waals surface area contributed by atoms with Crippen LogP contribution in [-0.4, -0.2) is 21.1 Å². The van der Waals surface area contributed by atoms with Gasteiger partial charge in [0.1, 0.15) is 5.51 Å². The first kappa shape index (κ1) is 15.9. The van der Waals surface area contributed by atoms with Gasteiger partial charge in [-0.25, -0.2) is 4.98 Å². The van der Waals surface area contributed by atoms with E-state index in [-0.39, 0.29) is 5.91 Å². The van der Waals surface area contributed by atoms with Gasteiger partial charge >= 0.3 is 0 Å². The molecule has 7 heteroatoms. The van der Waals surface area contributed by atoms with E-state index in [0.29, 0.717) is 10.7 Å². The van der Waals surface area contributed by atoms with Crippen molar-refractivity contribution in [3.05, 3.63) is 70.1 Å². The molecule has 1 amide bonds. The van der Waals surface area contributed by atoms with Gasteiger partial charge in [0.15, 0.2) is 0 Å². The average Bonchev–Trinajstić information content (AvgIpc) is 3.14. The molecule has 122 valence electrons. The summed E-state index contributed by atoms with van der Waals surface area (Å²) in [4.78, 5) is 17.5. The fourth-order valence-corrected chi connectivity index (χ4v) is 3.23. The van der Waals surface area contributed by atoms with Crippen molar-refractivity contribution < 1.29 is 4.79 Å². The molecular formula is C18H11BrN4OS. The highest BCUT2D eigenvalue weighted by Crippen LogP contribution is 2.26. The van der Waals surface area contributed by atoms with Crippen LogP contribution in [0.4, 0.5) is 5.13 Å². The molecule has 0 saturated carbocycles. The number of halogens is 1. The van der Waals surface area contributed by atoms with E-state index in [9.17, 15) is 4.79 Å². The van der Waals surface area contributed by atoms with Crippen LogP contribution in [0, 0.1) is 0 Å². The van der Waals surface area contributed by atoms with Crippen LogP contribution in [0.1, 0.15) is 10.4 Å². The molecule has 0 radical (unpaired) electrons. The molecule has 0 saturated heterocycles. The van der Waals surface area contributed by atoms with Gasteiger partial charge in [0.05, 0.1) is 16.8 Å². The fraction of sp³-hybridized carbons (Fsp3) is 0. The highest BCUT2D eigenvalue weighted by molar-refractivity contribution is 9.10. The summed E-state index contributed by atoms with van der Waals surface area (Å²) in [5.41, 5.74) is 4.59. The molecule has 2 heterocycles. The zero-order chi connectivity index (χ0) is 17.2. The first-order valence-electron chi connectivity index (χ1n) is 7.44. The molecule has 2 aromatic carbocycles. The van der Waals surface area contributed by atoms with Crippen molar-refractivity contribution in [3.63, 3.8) is 0 Å². The Labute approximate surface area is 155 Å². The number of para-hydroxylation sites is 1. The number of benzene rings is 2. The number of pyridine rings is 1. The van der Waals surface area contributed by atoms with Gasteiger partial charge in [-0.15, -0.1) is 10.2 Å². The monoisotopic (exact) mass is 410 g/mol. The van der Waals surface area contributed by atoms with Gasteiger partial charge in [0.2, 0.25) is 5.13 Å². The second kappa shape index (κ2) is 6.70. The number of carbonyl (C=O) groups excluding carboxylic acids is 1. The first-order valence-corrected chi connectivity index (χ1v) is 9.11. The lowest BCUT2D eigenvalue weighted by atomic mass is 10.0. The Bertz CT molecular complexity index is 1050. The minimum absolute atomic E-state index is 0.228. The Morgan fingerprint density at radius 3 is 2.64 bits per heavy atom. The summed E-state index contributed by atoms with van der Waals surface area (Å²) >= 11 is 4.71. The number of nitrogens with zero attached hydrogens (tertiary/aromatic N) is 3. The normalized spacial score (nSPS) is 10.8. The van der Waals surface area contributed by atoms with E-state index in [0.717, 1.165) is 26.6 Å². The molecule has 25 heavy (non-hydrogen) atoms. The van der Waals surface area contributed by atoms with Crippen molar-refractivity contribution in [2.75, 3.05) is 5.32 Å². The smallest absolute Gasteiger partial charge is 0.258 e. The molecule has 4 rings (SSSR count). The Hall–Kier alpha value is -2.64. The SMILES string of the molecule is O=C(Nc1nncs1)c1cc(-c2ccc(Br)cc2)nc2ccccc12. The molecule has 0 bridgehead atoms. The zero-order valence-corrected chi connectivity index (χ0v) is 15.2. The van der Waals surface area contributed by atoms with Gasteiger partial charge in [-0.1, -0.05) is 57.6 Å². The lowest BCUT2D eigenvalue weighted by Gasteiger charge is -2.09. The third-order valence-corrected chi connectivity index (χ3v) is 4.82. The fourth-order valence-electron chi connectivity index (χ4n) is 2.52. The molecule has 5 nitrogen and oxygen atoms in total. The van der Waals surface area contributed by atoms with E-state index in [4.69, 9.17) is 4.98 Å². The maximum atomic E-state index is 12.8. The Morgan fingerprint density at radius 1 is 1.08 bits per heavy atom. The predicted molar refractivity (Wildman–Crippen MR) is 103 cm³/mol. The van der Waals surface area contributed by atoms with Crippen LogP contribution >= 0.6 is 27.3 Å². The van der Waals surface area contributed by atoms with Gasteiger partial charge in [0, 0.05) is 15.4 Å². The Balaban J connectivity index is 1.84. The van der Waals surface area contributed by atoms with E-state index in [1.807, 2.05) is 54.6 Å². The number of nitrogens with one attached hydrogen (secondary N) is 1. The number of hydrogen-bond acceptors (Lipinski definition) is 5. The van der Waals surface area contributed by atoms with E-state index in [2.05, 4.69) is 31.4 Å². The Morgan fingerprint density at radius 2 is 1.88 bits per heavy atom.